The van der Waals surface area contributed by atoms with Gasteiger partial charge in [-0.1, -0.05) is 40.7 Å². The van der Waals surface area contributed by atoms with Gasteiger partial charge in [-0.05, 0) is 42.0 Å². The number of ether oxygens (including phenoxy) is 1. The summed E-state index contributed by atoms with van der Waals surface area (Å²) < 4.78 is 5.39. The Morgan fingerprint density at radius 2 is 1.81 bits per heavy atom. The van der Waals surface area contributed by atoms with Gasteiger partial charge in [0, 0.05) is 12.1 Å². The zero-order chi connectivity index (χ0) is 16.3. The van der Waals surface area contributed by atoms with Crippen LogP contribution in [0.15, 0.2) is 18.2 Å². The molecule has 2 N–H and O–H groups in total. The first-order chi connectivity index (χ1) is 9.60. The van der Waals surface area contributed by atoms with Gasteiger partial charge in [-0.2, -0.15) is 0 Å². The van der Waals surface area contributed by atoms with Crippen LogP contribution in [0.4, 0.5) is 0 Å². The predicted octanol–water partition coefficient (Wildman–Crippen LogP) is 3.66. The average Bonchev–Trinajstić information content (AvgIpc) is 2.35. The maximum atomic E-state index is 10.3. The van der Waals surface area contributed by atoms with Gasteiger partial charge in [0.2, 0.25) is 0 Å². The Kier molecular flexibility index (Phi) is 5.83. The van der Waals surface area contributed by atoms with Gasteiger partial charge in [0.15, 0.2) is 0 Å². The van der Waals surface area contributed by atoms with Crippen LogP contribution in [0, 0.1) is 5.41 Å². The summed E-state index contributed by atoms with van der Waals surface area (Å²) in [7, 11) is 3.48. The van der Waals surface area contributed by atoms with Crippen molar-refractivity contribution >= 4 is 0 Å². The molecule has 1 atom stereocenters. The summed E-state index contributed by atoms with van der Waals surface area (Å²) in [5.41, 5.74) is 2.40. The molecule has 0 heterocycles. The molecule has 120 valence electrons. The molecule has 3 nitrogen and oxygen atoms in total. The lowest BCUT2D eigenvalue weighted by Gasteiger charge is -2.33. The molecule has 0 aliphatic carbocycles. The molecule has 0 aliphatic heterocycles. The maximum absolute atomic E-state index is 10.3. The molecule has 0 aliphatic rings. The van der Waals surface area contributed by atoms with Crippen LogP contribution in [0.2, 0.25) is 0 Å². The summed E-state index contributed by atoms with van der Waals surface area (Å²) in [5.74, 6) is 0.744. The van der Waals surface area contributed by atoms with Gasteiger partial charge in [-0.25, -0.2) is 0 Å². The lowest BCUT2D eigenvalue weighted by molar-refractivity contribution is 0.173. The molecular weight excluding hydrogens is 262 g/mol. The second kappa shape index (κ2) is 6.80. The summed E-state index contributed by atoms with van der Waals surface area (Å²) in [6.07, 6.45) is 0.517. The third kappa shape index (κ3) is 5.01. The Morgan fingerprint density at radius 1 is 1.19 bits per heavy atom. The number of benzene rings is 1. The number of methoxy groups -OCH3 is 1. The number of rotatable bonds is 6. The van der Waals surface area contributed by atoms with Crippen molar-refractivity contribution in [3.8, 4) is 5.75 Å². The zero-order valence-electron chi connectivity index (χ0n) is 14.6. The highest BCUT2D eigenvalue weighted by atomic mass is 16.5. The van der Waals surface area contributed by atoms with Crippen LogP contribution < -0.4 is 10.1 Å². The van der Waals surface area contributed by atoms with Crippen LogP contribution in [-0.2, 0) is 5.41 Å². The predicted molar refractivity (Wildman–Crippen MR) is 89.0 cm³/mol. The number of hydrogen-bond acceptors (Lipinski definition) is 3. The molecule has 1 unspecified atom stereocenters. The number of likely N-dealkylation sites (N-methyl/N-ethyl adjacent to an activating group) is 1. The lowest BCUT2D eigenvalue weighted by atomic mass is 9.72. The Labute approximate surface area is 129 Å². The van der Waals surface area contributed by atoms with E-state index in [1.165, 1.54) is 5.56 Å². The maximum Gasteiger partial charge on any atom is 0.124 e. The molecule has 0 saturated carbocycles. The molecule has 0 radical (unpaired) electrons. The SMILES string of the molecule is CNCC(O)c1cc(C(C)(C)CC(C)(C)C)ccc1OC. The van der Waals surface area contributed by atoms with E-state index in [-0.39, 0.29) is 10.8 Å². The van der Waals surface area contributed by atoms with Crippen LogP contribution in [0.3, 0.4) is 0 Å². The zero-order valence-corrected chi connectivity index (χ0v) is 14.6. The van der Waals surface area contributed by atoms with E-state index in [0.717, 1.165) is 17.7 Å². The first-order valence-corrected chi connectivity index (χ1v) is 7.62. The van der Waals surface area contributed by atoms with E-state index in [4.69, 9.17) is 4.74 Å². The molecule has 1 aromatic rings. The second-order valence-electron chi connectivity index (χ2n) is 7.65. The van der Waals surface area contributed by atoms with Crippen molar-refractivity contribution in [3.05, 3.63) is 29.3 Å². The molecule has 3 heteroatoms. The molecular formula is C18H31NO2. The molecule has 0 saturated heterocycles. The molecule has 21 heavy (non-hydrogen) atoms. The largest absolute Gasteiger partial charge is 0.496 e. The Morgan fingerprint density at radius 3 is 2.29 bits per heavy atom. The summed E-state index contributed by atoms with van der Waals surface area (Å²) in [5, 5.41) is 13.3. The monoisotopic (exact) mass is 293 g/mol. The van der Waals surface area contributed by atoms with Crippen molar-refractivity contribution in [3.63, 3.8) is 0 Å². The highest BCUT2D eigenvalue weighted by Gasteiger charge is 2.28. The van der Waals surface area contributed by atoms with Crippen molar-refractivity contribution in [2.24, 2.45) is 5.41 Å². The fraction of sp³-hybridized carbons (Fsp3) is 0.667. The molecule has 1 aromatic carbocycles. The normalized spacial score (nSPS) is 14.1. The Balaban J connectivity index is 3.18. The summed E-state index contributed by atoms with van der Waals surface area (Å²) >= 11 is 0. The van der Waals surface area contributed by atoms with E-state index in [0.29, 0.717) is 6.54 Å². The molecule has 0 spiro atoms. The lowest BCUT2D eigenvalue weighted by Crippen LogP contribution is -2.25. The van der Waals surface area contributed by atoms with Crippen molar-refractivity contribution < 1.29 is 9.84 Å². The van der Waals surface area contributed by atoms with E-state index in [9.17, 15) is 5.11 Å². The molecule has 0 aromatic heterocycles. The summed E-state index contributed by atoms with van der Waals surface area (Å²) in [4.78, 5) is 0. The fourth-order valence-corrected chi connectivity index (χ4v) is 3.15. The third-order valence-corrected chi connectivity index (χ3v) is 3.74. The number of aliphatic hydroxyl groups is 1. The van der Waals surface area contributed by atoms with Gasteiger partial charge in [-0.3, -0.25) is 0 Å². The Hall–Kier alpha value is -1.06. The quantitative estimate of drug-likeness (QED) is 0.841. The van der Waals surface area contributed by atoms with Crippen molar-refractivity contribution in [1.82, 2.24) is 5.32 Å². The highest BCUT2D eigenvalue weighted by Crippen LogP contribution is 2.38. The van der Waals surface area contributed by atoms with Gasteiger partial charge in [0.1, 0.15) is 5.75 Å². The van der Waals surface area contributed by atoms with Gasteiger partial charge >= 0.3 is 0 Å². The van der Waals surface area contributed by atoms with Crippen molar-refractivity contribution in [1.29, 1.82) is 0 Å². The van der Waals surface area contributed by atoms with E-state index >= 15 is 0 Å². The second-order valence-corrected chi connectivity index (χ2v) is 7.65. The number of nitrogens with one attached hydrogen (secondary N) is 1. The smallest absolute Gasteiger partial charge is 0.124 e. The summed E-state index contributed by atoms with van der Waals surface area (Å²) in [6.45, 7) is 11.8. The summed E-state index contributed by atoms with van der Waals surface area (Å²) in [6, 6.07) is 6.17. The molecule has 0 fully saturated rings. The van der Waals surface area contributed by atoms with Crippen molar-refractivity contribution in [2.75, 3.05) is 20.7 Å². The van der Waals surface area contributed by atoms with Crippen LogP contribution in [0.25, 0.3) is 0 Å². The van der Waals surface area contributed by atoms with Crippen LogP contribution in [-0.4, -0.2) is 25.8 Å². The topological polar surface area (TPSA) is 41.5 Å². The third-order valence-electron chi connectivity index (χ3n) is 3.74. The number of hydrogen-bond donors (Lipinski definition) is 2. The molecule has 0 bridgehead atoms. The van der Waals surface area contributed by atoms with Crippen molar-refractivity contribution in [2.45, 2.75) is 52.6 Å². The standard InChI is InChI=1S/C18H31NO2/c1-17(2,3)12-18(4,5)13-8-9-16(21-7)14(10-13)15(20)11-19-6/h8-10,15,19-20H,11-12H2,1-7H3. The first kappa shape index (κ1) is 18.0. The van der Waals surface area contributed by atoms with Gasteiger partial charge in [0.25, 0.3) is 0 Å². The van der Waals surface area contributed by atoms with E-state index < -0.39 is 6.10 Å². The van der Waals surface area contributed by atoms with Gasteiger partial charge < -0.3 is 15.2 Å². The van der Waals surface area contributed by atoms with Gasteiger partial charge in [-0.15, -0.1) is 0 Å². The number of aliphatic hydroxyl groups excluding tert-OH is 1. The minimum absolute atomic E-state index is 0.0542. The fourth-order valence-electron chi connectivity index (χ4n) is 3.15. The highest BCUT2D eigenvalue weighted by molar-refractivity contribution is 5.41. The molecule has 0 amide bonds. The minimum atomic E-state index is -0.560. The van der Waals surface area contributed by atoms with Gasteiger partial charge in [0.05, 0.1) is 13.2 Å². The molecule has 1 rings (SSSR count). The average molecular weight is 293 g/mol. The first-order valence-electron chi connectivity index (χ1n) is 7.62. The Bertz CT molecular complexity index is 461. The van der Waals surface area contributed by atoms with E-state index in [1.54, 1.807) is 7.11 Å². The van der Waals surface area contributed by atoms with Crippen LogP contribution in [0.5, 0.6) is 5.75 Å². The van der Waals surface area contributed by atoms with E-state index in [1.807, 2.05) is 13.1 Å². The van der Waals surface area contributed by atoms with Crippen LogP contribution >= 0.6 is 0 Å². The minimum Gasteiger partial charge on any atom is -0.496 e. The van der Waals surface area contributed by atoms with Crippen LogP contribution in [0.1, 0.15) is 58.3 Å². The van der Waals surface area contributed by atoms with E-state index in [2.05, 4.69) is 52.1 Å².